The van der Waals surface area contributed by atoms with Gasteiger partial charge in [-0.25, -0.2) is 4.98 Å². The van der Waals surface area contributed by atoms with Gasteiger partial charge in [0.15, 0.2) is 0 Å². The van der Waals surface area contributed by atoms with E-state index in [0.29, 0.717) is 0 Å². The van der Waals surface area contributed by atoms with Crippen LogP contribution in [0.3, 0.4) is 0 Å². The largest absolute Gasteiger partial charge is 0.298 e. The number of aryl methyl sites for hydroxylation is 1. The lowest BCUT2D eigenvalue weighted by atomic mass is 10.3. The molecule has 18 heavy (non-hydrogen) atoms. The summed E-state index contributed by atoms with van der Waals surface area (Å²) in [6, 6.07) is 5.55. The fourth-order valence-electron chi connectivity index (χ4n) is 2.51. The molecule has 2 aromatic heterocycles. The molecular formula is C14H17N3O. The molecule has 4 nitrogen and oxygen atoms in total. The maximum Gasteiger partial charge on any atom is 0.258 e. The van der Waals surface area contributed by atoms with E-state index < -0.39 is 0 Å². The molecule has 1 saturated heterocycles. The van der Waals surface area contributed by atoms with Gasteiger partial charge >= 0.3 is 0 Å². The van der Waals surface area contributed by atoms with E-state index in [1.807, 2.05) is 25.3 Å². The molecule has 2 aromatic rings. The van der Waals surface area contributed by atoms with Crippen molar-refractivity contribution in [2.24, 2.45) is 0 Å². The number of aromatic nitrogens is 2. The Balaban J connectivity index is 1.99. The highest BCUT2D eigenvalue weighted by Gasteiger charge is 2.13. The second-order valence-corrected chi connectivity index (χ2v) is 5.00. The van der Waals surface area contributed by atoms with Gasteiger partial charge in [0, 0.05) is 18.8 Å². The van der Waals surface area contributed by atoms with Crippen molar-refractivity contribution in [2.45, 2.75) is 26.3 Å². The van der Waals surface area contributed by atoms with Gasteiger partial charge in [0.05, 0.1) is 5.69 Å². The Labute approximate surface area is 106 Å². The van der Waals surface area contributed by atoms with Crippen LogP contribution < -0.4 is 5.56 Å². The molecule has 0 atom stereocenters. The van der Waals surface area contributed by atoms with Gasteiger partial charge in [-0.2, -0.15) is 0 Å². The quantitative estimate of drug-likeness (QED) is 0.804. The van der Waals surface area contributed by atoms with Crippen molar-refractivity contribution in [2.75, 3.05) is 13.1 Å². The zero-order valence-electron chi connectivity index (χ0n) is 10.6. The number of fused-ring (bicyclic) bond motifs is 1. The van der Waals surface area contributed by atoms with Gasteiger partial charge in [-0.1, -0.05) is 6.07 Å². The molecule has 0 N–H and O–H groups in total. The van der Waals surface area contributed by atoms with E-state index in [1.165, 1.54) is 12.8 Å². The molecule has 0 unspecified atom stereocenters. The van der Waals surface area contributed by atoms with Crippen molar-refractivity contribution in [1.82, 2.24) is 14.3 Å². The molecule has 1 aliphatic heterocycles. The summed E-state index contributed by atoms with van der Waals surface area (Å²) >= 11 is 0. The van der Waals surface area contributed by atoms with Gasteiger partial charge in [-0.3, -0.25) is 14.1 Å². The zero-order valence-corrected chi connectivity index (χ0v) is 10.6. The number of hydrogen-bond acceptors (Lipinski definition) is 3. The lowest BCUT2D eigenvalue weighted by Gasteiger charge is -2.14. The summed E-state index contributed by atoms with van der Waals surface area (Å²) in [5.74, 6) is 0. The van der Waals surface area contributed by atoms with Crippen LogP contribution in [-0.2, 0) is 6.54 Å². The first-order valence-corrected chi connectivity index (χ1v) is 6.44. The highest BCUT2D eigenvalue weighted by atomic mass is 16.1. The summed E-state index contributed by atoms with van der Waals surface area (Å²) in [5.41, 5.74) is 2.70. The number of pyridine rings is 1. The van der Waals surface area contributed by atoms with E-state index in [0.717, 1.165) is 36.5 Å². The van der Waals surface area contributed by atoms with Crippen LogP contribution in [0.25, 0.3) is 5.65 Å². The van der Waals surface area contributed by atoms with Crippen LogP contribution in [-0.4, -0.2) is 27.4 Å². The topological polar surface area (TPSA) is 37.6 Å². The van der Waals surface area contributed by atoms with Crippen LogP contribution in [0.15, 0.2) is 29.2 Å². The Morgan fingerprint density at radius 2 is 2.06 bits per heavy atom. The van der Waals surface area contributed by atoms with Gasteiger partial charge < -0.3 is 0 Å². The van der Waals surface area contributed by atoms with Crippen LogP contribution >= 0.6 is 0 Å². The first kappa shape index (κ1) is 11.4. The van der Waals surface area contributed by atoms with Crippen molar-refractivity contribution in [1.29, 1.82) is 0 Å². The van der Waals surface area contributed by atoms with E-state index in [9.17, 15) is 4.79 Å². The van der Waals surface area contributed by atoms with Crippen LogP contribution in [0.4, 0.5) is 0 Å². The summed E-state index contributed by atoms with van der Waals surface area (Å²) in [6.45, 7) is 5.01. The van der Waals surface area contributed by atoms with Crippen molar-refractivity contribution >= 4 is 5.65 Å². The molecule has 0 saturated carbocycles. The fraction of sp³-hybridized carbons (Fsp3) is 0.429. The second kappa shape index (κ2) is 4.53. The standard InChI is InChI=1S/C14H17N3O/c1-11-4-5-13-15-12(8-14(18)17(13)9-11)10-16-6-2-3-7-16/h4-5,8-9H,2-3,6-7,10H2,1H3. The Hall–Kier alpha value is -1.68. The number of nitrogens with zero attached hydrogens (tertiary/aromatic N) is 3. The molecule has 3 heterocycles. The summed E-state index contributed by atoms with van der Waals surface area (Å²) in [4.78, 5) is 18.9. The Bertz CT molecular complexity index is 626. The second-order valence-electron chi connectivity index (χ2n) is 5.00. The molecule has 3 rings (SSSR count). The zero-order chi connectivity index (χ0) is 12.5. The van der Waals surface area contributed by atoms with E-state index in [-0.39, 0.29) is 5.56 Å². The van der Waals surface area contributed by atoms with Gasteiger partial charge in [-0.05, 0) is 44.5 Å². The van der Waals surface area contributed by atoms with Crippen LogP contribution in [0.1, 0.15) is 24.1 Å². The summed E-state index contributed by atoms with van der Waals surface area (Å²) < 4.78 is 1.61. The number of likely N-dealkylation sites (tertiary alicyclic amines) is 1. The maximum atomic E-state index is 12.0. The van der Waals surface area contributed by atoms with E-state index in [1.54, 1.807) is 10.5 Å². The van der Waals surface area contributed by atoms with Gasteiger partial charge in [0.2, 0.25) is 0 Å². The molecule has 1 fully saturated rings. The minimum absolute atomic E-state index is 0.0119. The normalized spacial score (nSPS) is 16.5. The predicted octanol–water partition coefficient (Wildman–Crippen LogP) is 1.60. The van der Waals surface area contributed by atoms with Gasteiger partial charge in [0.25, 0.3) is 5.56 Å². The van der Waals surface area contributed by atoms with E-state index >= 15 is 0 Å². The molecule has 94 valence electrons. The average molecular weight is 243 g/mol. The monoisotopic (exact) mass is 243 g/mol. The van der Waals surface area contributed by atoms with E-state index in [2.05, 4.69) is 9.88 Å². The fourth-order valence-corrected chi connectivity index (χ4v) is 2.51. The third-order valence-electron chi connectivity index (χ3n) is 3.44. The highest BCUT2D eigenvalue weighted by Crippen LogP contribution is 2.11. The van der Waals surface area contributed by atoms with Crippen molar-refractivity contribution < 1.29 is 0 Å². The Morgan fingerprint density at radius 3 is 2.83 bits per heavy atom. The third-order valence-corrected chi connectivity index (χ3v) is 3.44. The highest BCUT2D eigenvalue weighted by molar-refractivity contribution is 5.39. The van der Waals surface area contributed by atoms with Crippen LogP contribution in [0, 0.1) is 6.92 Å². The first-order chi connectivity index (χ1) is 8.72. The smallest absolute Gasteiger partial charge is 0.258 e. The van der Waals surface area contributed by atoms with E-state index in [4.69, 9.17) is 0 Å². The molecule has 0 amide bonds. The summed E-state index contributed by atoms with van der Waals surface area (Å²) in [6.07, 6.45) is 4.35. The van der Waals surface area contributed by atoms with Gasteiger partial charge in [0.1, 0.15) is 5.65 Å². The van der Waals surface area contributed by atoms with Crippen molar-refractivity contribution in [3.63, 3.8) is 0 Å². The summed E-state index contributed by atoms with van der Waals surface area (Å²) in [7, 11) is 0. The molecule has 0 radical (unpaired) electrons. The Morgan fingerprint density at radius 1 is 1.28 bits per heavy atom. The first-order valence-electron chi connectivity index (χ1n) is 6.44. The Kier molecular flexibility index (Phi) is 2.88. The minimum atomic E-state index is 0.0119. The lowest BCUT2D eigenvalue weighted by molar-refractivity contribution is 0.327. The predicted molar refractivity (Wildman–Crippen MR) is 70.7 cm³/mol. The maximum absolute atomic E-state index is 12.0. The molecule has 1 aliphatic rings. The molecule has 0 aromatic carbocycles. The van der Waals surface area contributed by atoms with Crippen molar-refractivity contribution in [3.8, 4) is 0 Å². The molecule has 0 aliphatic carbocycles. The van der Waals surface area contributed by atoms with Crippen LogP contribution in [0.2, 0.25) is 0 Å². The lowest BCUT2D eigenvalue weighted by Crippen LogP contribution is -2.22. The van der Waals surface area contributed by atoms with Crippen LogP contribution in [0.5, 0.6) is 0 Å². The average Bonchev–Trinajstić information content (AvgIpc) is 2.83. The van der Waals surface area contributed by atoms with Gasteiger partial charge in [-0.15, -0.1) is 0 Å². The molecule has 0 spiro atoms. The number of rotatable bonds is 2. The summed E-state index contributed by atoms with van der Waals surface area (Å²) in [5, 5.41) is 0. The SMILES string of the molecule is Cc1ccc2nc(CN3CCCC3)cc(=O)n2c1. The number of hydrogen-bond donors (Lipinski definition) is 0. The minimum Gasteiger partial charge on any atom is -0.298 e. The van der Waals surface area contributed by atoms with Crippen molar-refractivity contribution in [3.05, 3.63) is 46.0 Å². The molecular weight excluding hydrogens is 226 g/mol. The molecule has 0 bridgehead atoms. The third kappa shape index (κ3) is 2.16. The molecule has 4 heteroatoms.